The molecule has 106 valence electrons. The molecule has 3 aromatic rings. The third-order valence-corrected chi connectivity index (χ3v) is 3.38. The number of nitrogens with zero attached hydrogens (tertiary/aromatic N) is 2. The molecule has 0 spiro atoms. The highest BCUT2D eigenvalue weighted by Crippen LogP contribution is 2.20. The first-order chi connectivity index (χ1) is 10.1. The maximum Gasteiger partial charge on any atom is 0.335 e. The molecule has 2 aromatic heterocycles. The fourth-order valence-electron chi connectivity index (χ4n) is 2.32. The average Bonchev–Trinajstić information content (AvgIpc) is 2.47. The van der Waals surface area contributed by atoms with Crippen LogP contribution in [0.25, 0.3) is 16.6 Å². The van der Waals surface area contributed by atoms with Crippen molar-refractivity contribution in [1.82, 2.24) is 14.5 Å². The summed E-state index contributed by atoms with van der Waals surface area (Å²) in [6.45, 7) is 1.74. The molecule has 0 bridgehead atoms. The summed E-state index contributed by atoms with van der Waals surface area (Å²) in [6.07, 6.45) is 2.01. The van der Waals surface area contributed by atoms with Crippen molar-refractivity contribution in [1.29, 1.82) is 0 Å². The van der Waals surface area contributed by atoms with Gasteiger partial charge < -0.3 is 5.11 Å². The van der Waals surface area contributed by atoms with Crippen molar-refractivity contribution in [3.05, 3.63) is 62.9 Å². The van der Waals surface area contributed by atoms with Crippen molar-refractivity contribution in [2.24, 2.45) is 0 Å². The molecule has 0 saturated carbocycles. The minimum absolute atomic E-state index is 0.181. The van der Waals surface area contributed by atoms with Crippen molar-refractivity contribution < 1.29 is 5.11 Å². The molecule has 0 amide bonds. The van der Waals surface area contributed by atoms with Crippen molar-refractivity contribution in [3.8, 4) is 11.6 Å². The van der Waals surface area contributed by atoms with Crippen LogP contribution in [0.1, 0.15) is 12.5 Å². The summed E-state index contributed by atoms with van der Waals surface area (Å²) < 4.78 is 1.09. The van der Waals surface area contributed by atoms with E-state index < -0.39 is 11.2 Å². The van der Waals surface area contributed by atoms with Crippen molar-refractivity contribution >= 4 is 10.9 Å². The predicted octanol–water partition coefficient (Wildman–Crippen LogP) is 1.34. The molecule has 1 aromatic carbocycles. The van der Waals surface area contributed by atoms with E-state index in [9.17, 15) is 14.7 Å². The quantitative estimate of drug-likeness (QED) is 0.743. The molecule has 0 radical (unpaired) electrons. The van der Waals surface area contributed by atoms with E-state index in [1.165, 1.54) is 0 Å². The Balaban J connectivity index is 2.32. The Kier molecular flexibility index (Phi) is 3.06. The van der Waals surface area contributed by atoms with Gasteiger partial charge in [0.15, 0.2) is 0 Å². The summed E-state index contributed by atoms with van der Waals surface area (Å²) in [4.78, 5) is 30.1. The van der Waals surface area contributed by atoms with Crippen LogP contribution in [-0.4, -0.2) is 19.6 Å². The molecule has 0 aliphatic heterocycles. The predicted molar refractivity (Wildman–Crippen MR) is 79.0 cm³/mol. The van der Waals surface area contributed by atoms with E-state index in [1.807, 2.05) is 6.07 Å². The van der Waals surface area contributed by atoms with E-state index in [2.05, 4.69) is 9.97 Å². The molecule has 2 heterocycles. The van der Waals surface area contributed by atoms with Crippen molar-refractivity contribution in [2.45, 2.75) is 13.3 Å². The highest BCUT2D eigenvalue weighted by Gasteiger charge is 2.14. The van der Waals surface area contributed by atoms with Crippen LogP contribution in [0, 0.1) is 0 Å². The van der Waals surface area contributed by atoms with Crippen LogP contribution >= 0.6 is 0 Å². The Labute approximate surface area is 119 Å². The monoisotopic (exact) mass is 283 g/mol. The molecule has 6 heteroatoms. The van der Waals surface area contributed by atoms with Crippen LogP contribution in [0.4, 0.5) is 0 Å². The third-order valence-electron chi connectivity index (χ3n) is 3.38. The fourth-order valence-corrected chi connectivity index (χ4v) is 2.32. The highest BCUT2D eigenvalue weighted by molar-refractivity contribution is 5.80. The van der Waals surface area contributed by atoms with Gasteiger partial charge in [-0.1, -0.05) is 13.0 Å². The number of H-pyrrole nitrogens is 1. The number of fused-ring (bicyclic) bond motifs is 1. The lowest BCUT2D eigenvalue weighted by atomic mass is 10.2. The van der Waals surface area contributed by atoms with Gasteiger partial charge in [-0.05, 0) is 30.7 Å². The SMILES string of the molecule is CCc1c(O)n(-c2ccc3ncccc3c2)c(=O)[nH]c1=O. The maximum absolute atomic E-state index is 12.0. The van der Waals surface area contributed by atoms with Crippen LogP contribution in [-0.2, 0) is 6.42 Å². The average molecular weight is 283 g/mol. The number of nitrogens with one attached hydrogen (secondary N) is 1. The second kappa shape index (κ2) is 4.90. The number of aromatic nitrogens is 3. The lowest BCUT2D eigenvalue weighted by Crippen LogP contribution is -2.31. The molecule has 0 saturated heterocycles. The number of aromatic amines is 1. The van der Waals surface area contributed by atoms with E-state index in [0.29, 0.717) is 12.1 Å². The van der Waals surface area contributed by atoms with Crippen LogP contribution in [0.5, 0.6) is 5.88 Å². The normalized spacial score (nSPS) is 10.9. The van der Waals surface area contributed by atoms with Gasteiger partial charge in [0.2, 0.25) is 5.88 Å². The molecule has 0 fully saturated rings. The lowest BCUT2D eigenvalue weighted by molar-refractivity contribution is 0.423. The molecule has 21 heavy (non-hydrogen) atoms. The van der Waals surface area contributed by atoms with E-state index in [1.54, 1.807) is 37.4 Å². The standard InChI is InChI=1S/C15H13N3O3/c1-2-11-13(19)17-15(21)18(14(11)20)10-5-6-12-9(8-10)4-3-7-16-12/h3-8,20H,2H2,1H3,(H,17,19,21). The van der Waals surface area contributed by atoms with Crippen molar-refractivity contribution in [2.75, 3.05) is 0 Å². The van der Waals surface area contributed by atoms with Gasteiger partial charge in [0.1, 0.15) is 0 Å². The van der Waals surface area contributed by atoms with Gasteiger partial charge in [-0.25, -0.2) is 9.36 Å². The molecule has 0 unspecified atom stereocenters. The van der Waals surface area contributed by atoms with E-state index >= 15 is 0 Å². The second-order valence-electron chi connectivity index (χ2n) is 4.63. The largest absolute Gasteiger partial charge is 0.494 e. The first kappa shape index (κ1) is 13.1. The Morgan fingerprint density at radius 2 is 2.10 bits per heavy atom. The molecule has 2 N–H and O–H groups in total. The number of pyridine rings is 1. The zero-order valence-corrected chi connectivity index (χ0v) is 11.3. The zero-order chi connectivity index (χ0) is 15.0. The Morgan fingerprint density at radius 3 is 2.86 bits per heavy atom. The van der Waals surface area contributed by atoms with Crippen LogP contribution in [0.3, 0.4) is 0 Å². The van der Waals surface area contributed by atoms with Gasteiger partial charge in [-0.3, -0.25) is 14.8 Å². The van der Waals surface area contributed by atoms with Crippen molar-refractivity contribution in [3.63, 3.8) is 0 Å². The first-order valence-corrected chi connectivity index (χ1v) is 6.54. The van der Waals surface area contributed by atoms with Crippen LogP contribution in [0.2, 0.25) is 0 Å². The number of benzene rings is 1. The summed E-state index contributed by atoms with van der Waals surface area (Å²) in [5.41, 5.74) is 0.218. The van der Waals surface area contributed by atoms with Crippen LogP contribution in [0.15, 0.2) is 46.1 Å². The molecule has 0 atom stereocenters. The smallest absolute Gasteiger partial charge is 0.335 e. The minimum atomic E-state index is -0.669. The van der Waals surface area contributed by atoms with E-state index in [0.717, 1.165) is 15.5 Å². The fraction of sp³-hybridized carbons (Fsp3) is 0.133. The van der Waals surface area contributed by atoms with Gasteiger partial charge in [-0.15, -0.1) is 0 Å². The van der Waals surface area contributed by atoms with E-state index in [4.69, 9.17) is 0 Å². The summed E-state index contributed by atoms with van der Waals surface area (Å²) in [7, 11) is 0. The Bertz CT molecular complexity index is 941. The first-order valence-electron chi connectivity index (χ1n) is 6.54. The summed E-state index contributed by atoms with van der Waals surface area (Å²) in [5, 5.41) is 11.0. The number of hydrogen-bond acceptors (Lipinski definition) is 4. The molecular formula is C15H13N3O3. The molecular weight excluding hydrogens is 270 g/mol. The van der Waals surface area contributed by atoms with Gasteiger partial charge in [0.05, 0.1) is 16.8 Å². The number of hydrogen-bond donors (Lipinski definition) is 2. The van der Waals surface area contributed by atoms with Gasteiger partial charge in [-0.2, -0.15) is 0 Å². The molecule has 0 aliphatic rings. The number of rotatable bonds is 2. The van der Waals surface area contributed by atoms with E-state index in [-0.39, 0.29) is 11.4 Å². The van der Waals surface area contributed by atoms with Crippen LogP contribution < -0.4 is 11.2 Å². The summed E-state index contributed by atoms with van der Waals surface area (Å²) in [6, 6.07) is 8.82. The molecule has 0 aliphatic carbocycles. The topological polar surface area (TPSA) is 88.0 Å². The zero-order valence-electron chi connectivity index (χ0n) is 11.3. The minimum Gasteiger partial charge on any atom is -0.494 e. The molecule has 6 nitrogen and oxygen atoms in total. The highest BCUT2D eigenvalue weighted by atomic mass is 16.3. The van der Waals surface area contributed by atoms with Gasteiger partial charge in [0.25, 0.3) is 5.56 Å². The lowest BCUT2D eigenvalue weighted by Gasteiger charge is -2.11. The van der Waals surface area contributed by atoms with Gasteiger partial charge >= 0.3 is 5.69 Å². The summed E-state index contributed by atoms with van der Waals surface area (Å²) in [5.74, 6) is -0.325. The molecule has 3 rings (SSSR count). The number of aromatic hydroxyl groups is 1. The third kappa shape index (κ3) is 2.10. The Morgan fingerprint density at radius 1 is 1.29 bits per heavy atom. The van der Waals surface area contributed by atoms with Gasteiger partial charge in [0, 0.05) is 11.6 Å². The second-order valence-corrected chi connectivity index (χ2v) is 4.63. The summed E-state index contributed by atoms with van der Waals surface area (Å²) >= 11 is 0. The Hall–Kier alpha value is -2.89. The maximum atomic E-state index is 12.0.